The van der Waals surface area contributed by atoms with Crippen molar-refractivity contribution in [3.8, 4) is 0 Å². The Balaban J connectivity index is 2.95. The Morgan fingerprint density at radius 1 is 1.59 bits per heavy atom. The SMILES string of the molecule is COCC(C)(C)Nc1cc([N+](=O)[O-])cc(N)n1. The molecule has 0 amide bonds. The van der Waals surface area contributed by atoms with Crippen LogP contribution in [0.15, 0.2) is 12.1 Å². The zero-order chi connectivity index (χ0) is 13.1. The first-order chi connectivity index (χ1) is 7.84. The molecule has 17 heavy (non-hydrogen) atoms. The van der Waals surface area contributed by atoms with Gasteiger partial charge in [0.2, 0.25) is 0 Å². The van der Waals surface area contributed by atoms with Crippen LogP contribution >= 0.6 is 0 Å². The molecule has 0 spiro atoms. The van der Waals surface area contributed by atoms with Crippen LogP contribution < -0.4 is 11.1 Å². The van der Waals surface area contributed by atoms with Crippen LogP contribution in [-0.4, -0.2) is 29.2 Å². The number of nitrogens with zero attached hydrogens (tertiary/aromatic N) is 2. The van der Waals surface area contributed by atoms with Crippen molar-refractivity contribution in [2.24, 2.45) is 0 Å². The minimum Gasteiger partial charge on any atom is -0.383 e. The number of hydrogen-bond donors (Lipinski definition) is 2. The molecule has 94 valence electrons. The van der Waals surface area contributed by atoms with Crippen LogP contribution in [0.5, 0.6) is 0 Å². The maximum atomic E-state index is 10.7. The summed E-state index contributed by atoms with van der Waals surface area (Å²) in [5.74, 6) is 0.466. The number of nitrogens with one attached hydrogen (secondary N) is 1. The lowest BCUT2D eigenvalue weighted by Gasteiger charge is -2.25. The molecule has 0 aliphatic carbocycles. The zero-order valence-corrected chi connectivity index (χ0v) is 10.1. The molecular weight excluding hydrogens is 224 g/mol. The Labute approximate surface area is 99.1 Å². The van der Waals surface area contributed by atoms with Crippen LogP contribution in [0.1, 0.15) is 13.8 Å². The van der Waals surface area contributed by atoms with Crippen molar-refractivity contribution >= 4 is 17.3 Å². The van der Waals surface area contributed by atoms with Gasteiger partial charge in [-0.05, 0) is 13.8 Å². The van der Waals surface area contributed by atoms with E-state index in [1.54, 1.807) is 7.11 Å². The van der Waals surface area contributed by atoms with E-state index in [9.17, 15) is 10.1 Å². The van der Waals surface area contributed by atoms with Gasteiger partial charge in [0, 0.05) is 7.11 Å². The Morgan fingerprint density at radius 2 is 2.24 bits per heavy atom. The van der Waals surface area contributed by atoms with Gasteiger partial charge in [-0.2, -0.15) is 0 Å². The van der Waals surface area contributed by atoms with Gasteiger partial charge in [-0.15, -0.1) is 0 Å². The zero-order valence-electron chi connectivity index (χ0n) is 10.1. The van der Waals surface area contributed by atoms with Crippen LogP contribution in [0.4, 0.5) is 17.3 Å². The van der Waals surface area contributed by atoms with E-state index in [1.165, 1.54) is 12.1 Å². The summed E-state index contributed by atoms with van der Waals surface area (Å²) in [7, 11) is 1.58. The molecule has 0 saturated carbocycles. The minimum absolute atomic E-state index is 0.0896. The van der Waals surface area contributed by atoms with Gasteiger partial charge in [0.15, 0.2) is 0 Å². The third kappa shape index (κ3) is 3.87. The number of rotatable bonds is 5. The molecule has 0 bridgehead atoms. The molecule has 0 aliphatic rings. The summed E-state index contributed by atoms with van der Waals surface area (Å²) in [4.78, 5) is 14.1. The first kappa shape index (κ1) is 13.2. The van der Waals surface area contributed by atoms with E-state index in [1.807, 2.05) is 13.8 Å². The highest BCUT2D eigenvalue weighted by molar-refractivity contribution is 5.53. The highest BCUT2D eigenvalue weighted by Gasteiger charge is 2.19. The second-order valence-corrected chi connectivity index (χ2v) is 4.33. The second kappa shape index (κ2) is 4.96. The molecule has 7 nitrogen and oxygen atoms in total. The van der Waals surface area contributed by atoms with Crippen LogP contribution in [0.25, 0.3) is 0 Å². The van der Waals surface area contributed by atoms with Crippen molar-refractivity contribution in [2.75, 3.05) is 24.8 Å². The van der Waals surface area contributed by atoms with Gasteiger partial charge in [-0.1, -0.05) is 0 Å². The van der Waals surface area contributed by atoms with Crippen molar-refractivity contribution in [1.29, 1.82) is 0 Å². The van der Waals surface area contributed by atoms with E-state index >= 15 is 0 Å². The minimum atomic E-state index is -0.507. The second-order valence-electron chi connectivity index (χ2n) is 4.33. The first-order valence-corrected chi connectivity index (χ1v) is 5.03. The highest BCUT2D eigenvalue weighted by atomic mass is 16.6. The van der Waals surface area contributed by atoms with Crippen molar-refractivity contribution in [2.45, 2.75) is 19.4 Å². The predicted octanol–water partition coefficient (Wildman–Crippen LogP) is 1.41. The van der Waals surface area contributed by atoms with E-state index in [0.29, 0.717) is 12.4 Å². The first-order valence-electron chi connectivity index (χ1n) is 5.03. The maximum absolute atomic E-state index is 10.7. The third-order valence-electron chi connectivity index (χ3n) is 2.01. The standard InChI is InChI=1S/C10H16N4O3/c1-10(2,6-17-3)13-9-5-7(14(15)16)4-8(11)12-9/h4-5H,6H2,1-3H3,(H3,11,12,13). The van der Waals surface area contributed by atoms with Gasteiger partial charge in [-0.25, -0.2) is 4.98 Å². The summed E-state index contributed by atoms with van der Waals surface area (Å²) in [6, 6.07) is 2.56. The lowest BCUT2D eigenvalue weighted by Crippen LogP contribution is -2.36. The number of aromatic nitrogens is 1. The quantitative estimate of drug-likeness (QED) is 0.595. The van der Waals surface area contributed by atoms with Crippen molar-refractivity contribution < 1.29 is 9.66 Å². The fourth-order valence-corrected chi connectivity index (χ4v) is 1.45. The average Bonchev–Trinajstić information content (AvgIpc) is 2.15. The fourth-order valence-electron chi connectivity index (χ4n) is 1.45. The van der Waals surface area contributed by atoms with Gasteiger partial charge in [0.25, 0.3) is 5.69 Å². The molecule has 1 aromatic heterocycles. The predicted molar refractivity (Wildman–Crippen MR) is 64.9 cm³/mol. The summed E-state index contributed by atoms with van der Waals surface area (Å²) in [6.07, 6.45) is 0. The number of nitrogen functional groups attached to an aromatic ring is 1. The van der Waals surface area contributed by atoms with Gasteiger partial charge in [-0.3, -0.25) is 10.1 Å². The van der Waals surface area contributed by atoms with Gasteiger partial charge < -0.3 is 15.8 Å². The van der Waals surface area contributed by atoms with Crippen molar-refractivity contribution in [3.05, 3.63) is 22.2 Å². The Kier molecular flexibility index (Phi) is 3.84. The summed E-state index contributed by atoms with van der Waals surface area (Å²) in [5.41, 5.74) is 5.03. The van der Waals surface area contributed by atoms with Gasteiger partial charge >= 0.3 is 0 Å². The summed E-state index contributed by atoms with van der Waals surface area (Å²) < 4.78 is 5.03. The Bertz CT molecular complexity index is 420. The lowest BCUT2D eigenvalue weighted by atomic mass is 10.1. The molecule has 0 aromatic carbocycles. The van der Waals surface area contributed by atoms with Crippen LogP contribution in [0.2, 0.25) is 0 Å². The van der Waals surface area contributed by atoms with E-state index in [-0.39, 0.29) is 17.0 Å². The van der Waals surface area contributed by atoms with Gasteiger partial charge in [0.1, 0.15) is 11.6 Å². The molecule has 1 aromatic rings. The molecule has 1 rings (SSSR count). The topological polar surface area (TPSA) is 103 Å². The largest absolute Gasteiger partial charge is 0.383 e. The third-order valence-corrected chi connectivity index (χ3v) is 2.01. The molecule has 0 fully saturated rings. The molecule has 7 heteroatoms. The lowest BCUT2D eigenvalue weighted by molar-refractivity contribution is -0.384. The summed E-state index contributed by atoms with van der Waals surface area (Å²) >= 11 is 0. The molecule has 0 unspecified atom stereocenters. The number of nitrogens with two attached hydrogens (primary N) is 1. The number of methoxy groups -OCH3 is 1. The number of nitro groups is 1. The van der Waals surface area contributed by atoms with E-state index in [0.717, 1.165) is 0 Å². The molecular formula is C10H16N4O3. The summed E-state index contributed by atoms with van der Waals surface area (Å²) in [6.45, 7) is 4.23. The number of anilines is 2. The van der Waals surface area contributed by atoms with Crippen molar-refractivity contribution in [3.63, 3.8) is 0 Å². The van der Waals surface area contributed by atoms with E-state index < -0.39 is 4.92 Å². The van der Waals surface area contributed by atoms with Gasteiger partial charge in [0.05, 0.1) is 29.2 Å². The molecule has 0 saturated heterocycles. The molecule has 3 N–H and O–H groups in total. The number of ether oxygens (including phenoxy) is 1. The fraction of sp³-hybridized carbons (Fsp3) is 0.500. The molecule has 0 radical (unpaired) electrons. The Hall–Kier alpha value is -1.89. The average molecular weight is 240 g/mol. The van der Waals surface area contributed by atoms with Crippen LogP contribution in [0.3, 0.4) is 0 Å². The normalized spacial score (nSPS) is 11.2. The summed E-state index contributed by atoms with van der Waals surface area (Å²) in [5, 5.41) is 13.7. The smallest absolute Gasteiger partial charge is 0.276 e. The van der Waals surface area contributed by atoms with Crippen molar-refractivity contribution in [1.82, 2.24) is 4.98 Å². The maximum Gasteiger partial charge on any atom is 0.276 e. The molecule has 0 atom stereocenters. The molecule has 1 heterocycles. The highest BCUT2D eigenvalue weighted by Crippen LogP contribution is 2.21. The molecule has 0 aliphatic heterocycles. The number of hydrogen-bond acceptors (Lipinski definition) is 6. The van der Waals surface area contributed by atoms with Crippen LogP contribution in [0, 0.1) is 10.1 Å². The number of pyridine rings is 1. The Morgan fingerprint density at radius 3 is 2.76 bits per heavy atom. The monoisotopic (exact) mass is 240 g/mol. The van der Waals surface area contributed by atoms with E-state index in [4.69, 9.17) is 10.5 Å². The van der Waals surface area contributed by atoms with Crippen LogP contribution in [-0.2, 0) is 4.74 Å². The van der Waals surface area contributed by atoms with E-state index in [2.05, 4.69) is 10.3 Å².